The summed E-state index contributed by atoms with van der Waals surface area (Å²) < 4.78 is 4.49. The predicted octanol–water partition coefficient (Wildman–Crippen LogP) is 0.654. The van der Waals surface area contributed by atoms with Crippen molar-refractivity contribution in [1.29, 1.82) is 0 Å². The fraction of sp³-hybridized carbons (Fsp3) is 0.167. The van der Waals surface area contributed by atoms with E-state index in [1.165, 1.54) is 13.0 Å². The van der Waals surface area contributed by atoms with E-state index in [9.17, 15) is 4.79 Å². The number of rotatable bonds is 0. The first-order valence-electron chi connectivity index (χ1n) is 2.49. The fourth-order valence-electron chi connectivity index (χ4n) is 0.479. The van der Waals surface area contributed by atoms with E-state index < -0.39 is 0 Å². The monoisotopic (exact) mass is 126 g/mol. The normalized spacial score (nSPS) is 9.44. The molecule has 1 heterocycles. The molecule has 0 radical (unpaired) electrons. The van der Waals surface area contributed by atoms with Crippen molar-refractivity contribution in [2.24, 2.45) is 0 Å². The van der Waals surface area contributed by atoms with E-state index in [0.717, 1.165) is 6.26 Å². The summed E-state index contributed by atoms with van der Waals surface area (Å²) in [6, 6.07) is 1.26. The lowest BCUT2D eigenvalue weighted by molar-refractivity contribution is 0.317. The first kappa shape index (κ1) is 5.88. The van der Waals surface area contributed by atoms with Gasteiger partial charge in [0.25, 0.3) is 5.95 Å². The second-order valence-corrected chi connectivity index (χ2v) is 1.72. The van der Waals surface area contributed by atoms with Crippen molar-refractivity contribution in [2.45, 2.75) is 6.92 Å². The van der Waals surface area contributed by atoms with E-state index >= 15 is 0 Å². The highest BCUT2D eigenvalue weighted by atomic mass is 16.5. The molecule has 0 amide bonds. The summed E-state index contributed by atoms with van der Waals surface area (Å²) in [4.78, 5) is 10.6. The Balaban J connectivity index is 3.43. The zero-order valence-electron chi connectivity index (χ0n) is 4.92. The van der Waals surface area contributed by atoms with Crippen molar-refractivity contribution >= 4 is 0 Å². The van der Waals surface area contributed by atoms with Crippen molar-refractivity contribution < 1.29 is 9.52 Å². The summed E-state index contributed by atoms with van der Waals surface area (Å²) in [6.45, 7) is 1.50. The van der Waals surface area contributed by atoms with Gasteiger partial charge in [-0.05, 0) is 6.92 Å². The van der Waals surface area contributed by atoms with Crippen molar-refractivity contribution in [1.82, 2.24) is 0 Å². The average Bonchev–Trinajstić information content (AvgIpc) is 1.83. The Kier molecular flexibility index (Phi) is 1.26. The van der Waals surface area contributed by atoms with Crippen LogP contribution >= 0.6 is 0 Å². The van der Waals surface area contributed by atoms with Gasteiger partial charge in [0.1, 0.15) is 0 Å². The van der Waals surface area contributed by atoms with Gasteiger partial charge in [0, 0.05) is 6.07 Å². The molecule has 1 aromatic heterocycles. The highest BCUT2D eigenvalue weighted by molar-refractivity contribution is 5.18. The molecule has 1 aromatic rings. The Morgan fingerprint density at radius 2 is 2.33 bits per heavy atom. The molecule has 0 aliphatic heterocycles. The molecule has 0 aromatic carbocycles. The van der Waals surface area contributed by atoms with E-state index in [-0.39, 0.29) is 16.9 Å². The summed E-state index contributed by atoms with van der Waals surface area (Å²) >= 11 is 0. The molecular weight excluding hydrogens is 120 g/mol. The van der Waals surface area contributed by atoms with Crippen LogP contribution in [-0.2, 0) is 0 Å². The molecule has 0 fully saturated rings. The third kappa shape index (κ3) is 0.937. The number of hydrogen-bond donors (Lipinski definition) is 1. The van der Waals surface area contributed by atoms with Gasteiger partial charge in [-0.15, -0.1) is 0 Å². The minimum absolute atomic E-state index is 0.209. The van der Waals surface area contributed by atoms with Crippen LogP contribution < -0.4 is 5.43 Å². The van der Waals surface area contributed by atoms with Gasteiger partial charge in [0.15, 0.2) is 5.43 Å². The van der Waals surface area contributed by atoms with Gasteiger partial charge in [0.2, 0.25) is 0 Å². The number of hydrogen-bond acceptors (Lipinski definition) is 3. The summed E-state index contributed by atoms with van der Waals surface area (Å²) in [5.74, 6) is -0.303. The van der Waals surface area contributed by atoms with Gasteiger partial charge in [0.05, 0.1) is 11.8 Å². The van der Waals surface area contributed by atoms with Crippen molar-refractivity contribution in [3.05, 3.63) is 28.1 Å². The lowest BCUT2D eigenvalue weighted by Crippen LogP contribution is -2.00. The van der Waals surface area contributed by atoms with E-state index in [1.807, 2.05) is 0 Å². The summed E-state index contributed by atoms with van der Waals surface area (Å²) in [7, 11) is 0. The Bertz CT molecular complexity index is 261. The largest absolute Gasteiger partial charge is 0.480 e. The molecule has 0 unspecified atom stereocenters. The molecule has 0 atom stereocenters. The van der Waals surface area contributed by atoms with Crippen LogP contribution in [0.3, 0.4) is 0 Å². The van der Waals surface area contributed by atoms with Crippen molar-refractivity contribution in [3.63, 3.8) is 0 Å². The van der Waals surface area contributed by atoms with Crippen LogP contribution in [0.25, 0.3) is 0 Å². The SMILES string of the molecule is Cc1c(O)occc1=O. The molecule has 0 spiro atoms. The van der Waals surface area contributed by atoms with E-state index in [2.05, 4.69) is 4.42 Å². The quantitative estimate of drug-likeness (QED) is 0.555. The van der Waals surface area contributed by atoms with Gasteiger partial charge in [-0.3, -0.25) is 4.79 Å². The fourth-order valence-corrected chi connectivity index (χ4v) is 0.479. The molecule has 1 N–H and O–H groups in total. The standard InChI is InChI=1S/C6H6O3/c1-4-5(7)2-3-9-6(4)8/h2-3,8H,1H3. The van der Waals surface area contributed by atoms with Crippen LogP contribution in [0.2, 0.25) is 0 Å². The first-order chi connectivity index (χ1) is 4.22. The Morgan fingerprint density at radius 1 is 1.67 bits per heavy atom. The molecule has 48 valence electrons. The second-order valence-electron chi connectivity index (χ2n) is 1.72. The highest BCUT2D eigenvalue weighted by Crippen LogP contribution is 2.07. The minimum atomic E-state index is -0.303. The Morgan fingerprint density at radius 3 is 2.78 bits per heavy atom. The Labute approximate surface area is 51.6 Å². The van der Waals surface area contributed by atoms with Gasteiger partial charge >= 0.3 is 0 Å². The summed E-state index contributed by atoms with van der Waals surface area (Å²) in [6.07, 6.45) is 1.16. The van der Waals surface area contributed by atoms with Crippen molar-refractivity contribution in [3.8, 4) is 5.95 Å². The van der Waals surface area contributed by atoms with Gasteiger partial charge in [-0.1, -0.05) is 0 Å². The lowest BCUT2D eigenvalue weighted by atomic mass is 10.3. The molecule has 1 rings (SSSR count). The maximum Gasteiger partial charge on any atom is 0.288 e. The van der Waals surface area contributed by atoms with E-state index in [1.54, 1.807) is 0 Å². The minimum Gasteiger partial charge on any atom is -0.480 e. The van der Waals surface area contributed by atoms with Gasteiger partial charge in [-0.25, -0.2) is 0 Å². The van der Waals surface area contributed by atoms with Crippen LogP contribution in [0.1, 0.15) is 5.56 Å². The summed E-state index contributed by atoms with van der Waals surface area (Å²) in [5.41, 5.74) is 0.0382. The smallest absolute Gasteiger partial charge is 0.288 e. The molecule has 0 bridgehead atoms. The molecule has 0 saturated heterocycles. The maximum atomic E-state index is 10.6. The third-order valence-corrected chi connectivity index (χ3v) is 1.09. The van der Waals surface area contributed by atoms with Crippen LogP contribution in [-0.4, -0.2) is 5.11 Å². The zero-order chi connectivity index (χ0) is 6.85. The average molecular weight is 126 g/mol. The van der Waals surface area contributed by atoms with Crippen LogP contribution in [0, 0.1) is 6.92 Å². The predicted molar refractivity (Wildman–Crippen MR) is 31.4 cm³/mol. The molecule has 3 heteroatoms. The van der Waals surface area contributed by atoms with Gasteiger partial charge in [-0.2, -0.15) is 0 Å². The molecule has 0 aliphatic rings. The zero-order valence-corrected chi connectivity index (χ0v) is 4.92. The van der Waals surface area contributed by atoms with Crippen molar-refractivity contribution in [2.75, 3.05) is 0 Å². The van der Waals surface area contributed by atoms with Gasteiger partial charge < -0.3 is 9.52 Å². The van der Waals surface area contributed by atoms with Crippen LogP contribution in [0.15, 0.2) is 21.5 Å². The van der Waals surface area contributed by atoms with E-state index in [0.29, 0.717) is 0 Å². The molecule has 0 saturated carbocycles. The van der Waals surface area contributed by atoms with Crippen LogP contribution in [0.5, 0.6) is 5.95 Å². The first-order valence-corrected chi connectivity index (χ1v) is 2.49. The molecule has 3 nitrogen and oxygen atoms in total. The maximum absolute atomic E-state index is 10.6. The molecule has 9 heavy (non-hydrogen) atoms. The lowest BCUT2D eigenvalue weighted by Gasteiger charge is -1.90. The Hall–Kier alpha value is -1.25. The van der Waals surface area contributed by atoms with E-state index in [4.69, 9.17) is 5.11 Å². The highest BCUT2D eigenvalue weighted by Gasteiger charge is 1.98. The topological polar surface area (TPSA) is 50.4 Å². The third-order valence-electron chi connectivity index (χ3n) is 1.09. The summed E-state index contributed by atoms with van der Waals surface area (Å²) in [5, 5.41) is 8.73. The molecule has 0 aliphatic carbocycles. The second kappa shape index (κ2) is 1.93. The van der Waals surface area contributed by atoms with Crippen LogP contribution in [0.4, 0.5) is 0 Å². The molecular formula is C6H6O3. The number of aromatic hydroxyl groups is 1.